The van der Waals surface area contributed by atoms with Crippen LogP contribution in [-0.2, 0) is 0 Å². The lowest BCUT2D eigenvalue weighted by atomic mass is 10.1. The van der Waals surface area contributed by atoms with Gasteiger partial charge in [0, 0.05) is 11.3 Å². The van der Waals surface area contributed by atoms with Gasteiger partial charge in [-0.15, -0.1) is 0 Å². The fraction of sp³-hybridized carbons (Fsp3) is 0.0714. The highest BCUT2D eigenvalue weighted by atomic mass is 19.1. The summed E-state index contributed by atoms with van der Waals surface area (Å²) in [6, 6.07) is 10.5. The zero-order valence-corrected chi connectivity index (χ0v) is 9.87. The third-order valence-corrected chi connectivity index (χ3v) is 3.09. The van der Waals surface area contributed by atoms with Gasteiger partial charge in [0.05, 0.1) is 5.52 Å². The molecule has 0 aliphatic rings. The Kier molecular flexibility index (Phi) is 2.30. The number of aromatic nitrogens is 2. The molecule has 0 spiro atoms. The molecule has 0 amide bonds. The molecule has 1 heterocycles. The summed E-state index contributed by atoms with van der Waals surface area (Å²) >= 11 is 0. The molecule has 2 aromatic carbocycles. The number of nitrogens with zero attached hydrogens (tertiary/aromatic N) is 1. The van der Waals surface area contributed by atoms with Gasteiger partial charge in [-0.25, -0.2) is 9.37 Å². The first-order chi connectivity index (χ1) is 8.66. The van der Waals surface area contributed by atoms with Crippen LogP contribution in [0.2, 0.25) is 0 Å². The standard InChI is InChI=1S/C14H12FN3/c1-8-9(4-2-6-11(8)16)14-17-12-7-3-5-10(15)13(12)18-14/h2-7H,16H2,1H3,(H,17,18). The predicted molar refractivity (Wildman–Crippen MR) is 70.6 cm³/mol. The van der Waals surface area contributed by atoms with Gasteiger partial charge in [-0.1, -0.05) is 18.2 Å². The largest absolute Gasteiger partial charge is 0.398 e. The third kappa shape index (κ3) is 1.54. The van der Waals surface area contributed by atoms with Gasteiger partial charge in [-0.2, -0.15) is 0 Å². The van der Waals surface area contributed by atoms with Crippen LogP contribution in [0.3, 0.4) is 0 Å². The van der Waals surface area contributed by atoms with Crippen molar-refractivity contribution in [1.29, 1.82) is 0 Å². The molecule has 3 N–H and O–H groups in total. The van der Waals surface area contributed by atoms with Crippen LogP contribution in [0.1, 0.15) is 5.56 Å². The molecule has 0 saturated heterocycles. The van der Waals surface area contributed by atoms with Crippen LogP contribution in [0.4, 0.5) is 10.1 Å². The van der Waals surface area contributed by atoms with Gasteiger partial charge in [-0.3, -0.25) is 0 Å². The maximum absolute atomic E-state index is 13.6. The van der Waals surface area contributed by atoms with Crippen LogP contribution in [0.25, 0.3) is 22.4 Å². The Morgan fingerprint density at radius 3 is 2.72 bits per heavy atom. The lowest BCUT2D eigenvalue weighted by Gasteiger charge is -2.04. The van der Waals surface area contributed by atoms with Gasteiger partial charge >= 0.3 is 0 Å². The van der Waals surface area contributed by atoms with E-state index in [9.17, 15) is 4.39 Å². The summed E-state index contributed by atoms with van der Waals surface area (Å²) in [6.07, 6.45) is 0. The van der Waals surface area contributed by atoms with Crippen molar-refractivity contribution >= 4 is 16.7 Å². The van der Waals surface area contributed by atoms with Crippen molar-refractivity contribution in [2.24, 2.45) is 0 Å². The number of nitrogens with one attached hydrogen (secondary N) is 1. The van der Waals surface area contributed by atoms with Crippen molar-refractivity contribution in [2.45, 2.75) is 6.92 Å². The van der Waals surface area contributed by atoms with Crippen LogP contribution < -0.4 is 5.73 Å². The van der Waals surface area contributed by atoms with Crippen LogP contribution in [0, 0.1) is 12.7 Å². The maximum Gasteiger partial charge on any atom is 0.151 e. The molecule has 3 aromatic rings. The number of nitrogens with two attached hydrogens (primary N) is 1. The van der Waals surface area contributed by atoms with Crippen molar-refractivity contribution in [3.05, 3.63) is 47.8 Å². The fourth-order valence-corrected chi connectivity index (χ4v) is 2.03. The topological polar surface area (TPSA) is 54.7 Å². The van der Waals surface area contributed by atoms with Gasteiger partial charge in [0.15, 0.2) is 5.82 Å². The van der Waals surface area contributed by atoms with E-state index in [1.54, 1.807) is 12.1 Å². The van der Waals surface area contributed by atoms with Crippen molar-refractivity contribution in [2.75, 3.05) is 5.73 Å². The SMILES string of the molecule is Cc1c(N)cccc1-c1nc2c(F)cccc2[nH]1. The first-order valence-electron chi connectivity index (χ1n) is 5.66. The smallest absolute Gasteiger partial charge is 0.151 e. The Labute approximate surface area is 103 Å². The van der Waals surface area contributed by atoms with Crippen LogP contribution in [-0.4, -0.2) is 9.97 Å². The molecule has 0 aliphatic carbocycles. The minimum atomic E-state index is -0.323. The van der Waals surface area contributed by atoms with Crippen LogP contribution >= 0.6 is 0 Å². The Morgan fingerprint density at radius 1 is 1.17 bits per heavy atom. The highest BCUT2D eigenvalue weighted by Crippen LogP contribution is 2.27. The highest BCUT2D eigenvalue weighted by molar-refractivity contribution is 5.81. The highest BCUT2D eigenvalue weighted by Gasteiger charge is 2.11. The zero-order chi connectivity index (χ0) is 12.7. The average Bonchev–Trinajstić information content (AvgIpc) is 2.78. The Morgan fingerprint density at radius 2 is 1.94 bits per heavy atom. The minimum Gasteiger partial charge on any atom is -0.398 e. The molecule has 0 aliphatic heterocycles. The first-order valence-corrected chi connectivity index (χ1v) is 5.66. The number of imidazole rings is 1. The van der Waals surface area contributed by atoms with E-state index >= 15 is 0 Å². The Hall–Kier alpha value is -2.36. The van der Waals surface area contributed by atoms with Gasteiger partial charge in [0.2, 0.25) is 0 Å². The maximum atomic E-state index is 13.6. The second kappa shape index (κ2) is 3.84. The second-order valence-electron chi connectivity index (χ2n) is 4.24. The van der Waals surface area contributed by atoms with Crippen LogP contribution in [0.15, 0.2) is 36.4 Å². The van der Waals surface area contributed by atoms with Gasteiger partial charge in [-0.05, 0) is 30.7 Å². The number of para-hydroxylation sites is 1. The van der Waals surface area contributed by atoms with E-state index in [0.717, 1.165) is 11.1 Å². The van der Waals surface area contributed by atoms with E-state index in [1.165, 1.54) is 6.07 Å². The van der Waals surface area contributed by atoms with Gasteiger partial charge < -0.3 is 10.7 Å². The van der Waals surface area contributed by atoms with Crippen molar-refractivity contribution in [1.82, 2.24) is 9.97 Å². The summed E-state index contributed by atoms with van der Waals surface area (Å²) in [5.41, 5.74) is 9.45. The molecule has 18 heavy (non-hydrogen) atoms. The quantitative estimate of drug-likeness (QED) is 0.642. The summed E-state index contributed by atoms with van der Waals surface area (Å²) in [4.78, 5) is 7.41. The molecule has 4 heteroatoms. The molecule has 0 unspecified atom stereocenters. The Bertz CT molecular complexity index is 731. The molecule has 3 rings (SSSR count). The van der Waals surface area contributed by atoms with E-state index in [2.05, 4.69) is 9.97 Å². The van der Waals surface area contributed by atoms with Gasteiger partial charge in [0.1, 0.15) is 11.3 Å². The molecule has 0 bridgehead atoms. The third-order valence-electron chi connectivity index (χ3n) is 3.09. The number of halogens is 1. The predicted octanol–water partition coefficient (Wildman–Crippen LogP) is 3.26. The van der Waals surface area contributed by atoms with E-state index in [-0.39, 0.29) is 5.82 Å². The lowest BCUT2D eigenvalue weighted by molar-refractivity contribution is 0.637. The van der Waals surface area contributed by atoms with Crippen molar-refractivity contribution < 1.29 is 4.39 Å². The molecule has 0 radical (unpaired) electrons. The van der Waals surface area contributed by atoms with Crippen LogP contribution in [0.5, 0.6) is 0 Å². The van der Waals surface area contributed by atoms with E-state index in [1.807, 2.05) is 25.1 Å². The second-order valence-corrected chi connectivity index (χ2v) is 4.24. The summed E-state index contributed by atoms with van der Waals surface area (Å²) < 4.78 is 13.6. The molecular formula is C14H12FN3. The van der Waals surface area contributed by atoms with E-state index in [0.29, 0.717) is 22.5 Å². The number of benzene rings is 2. The number of hydrogen-bond donors (Lipinski definition) is 2. The molecule has 0 atom stereocenters. The summed E-state index contributed by atoms with van der Waals surface area (Å²) in [5, 5.41) is 0. The Balaban J connectivity index is 2.26. The number of fused-ring (bicyclic) bond motifs is 1. The van der Waals surface area contributed by atoms with E-state index in [4.69, 9.17) is 5.73 Å². The summed E-state index contributed by atoms with van der Waals surface area (Å²) in [7, 11) is 0. The van der Waals surface area contributed by atoms with Crippen molar-refractivity contribution in [3.63, 3.8) is 0 Å². The number of H-pyrrole nitrogens is 1. The molecule has 0 saturated carbocycles. The first kappa shape index (κ1) is 10.8. The lowest BCUT2D eigenvalue weighted by Crippen LogP contribution is -1.92. The number of hydrogen-bond acceptors (Lipinski definition) is 2. The molecular weight excluding hydrogens is 229 g/mol. The fourth-order valence-electron chi connectivity index (χ4n) is 2.03. The number of anilines is 1. The number of rotatable bonds is 1. The monoisotopic (exact) mass is 241 g/mol. The average molecular weight is 241 g/mol. The molecule has 1 aromatic heterocycles. The van der Waals surface area contributed by atoms with E-state index < -0.39 is 0 Å². The summed E-state index contributed by atoms with van der Waals surface area (Å²) in [5.74, 6) is 0.316. The zero-order valence-electron chi connectivity index (χ0n) is 9.87. The van der Waals surface area contributed by atoms with Crippen molar-refractivity contribution in [3.8, 4) is 11.4 Å². The number of nitrogen functional groups attached to an aromatic ring is 1. The normalized spacial score (nSPS) is 11.0. The minimum absolute atomic E-state index is 0.323. The number of aromatic amines is 1. The molecule has 0 fully saturated rings. The van der Waals surface area contributed by atoms with Gasteiger partial charge in [0.25, 0.3) is 0 Å². The molecule has 3 nitrogen and oxygen atoms in total. The summed E-state index contributed by atoms with van der Waals surface area (Å²) in [6.45, 7) is 1.92. The molecule has 90 valence electrons.